The van der Waals surface area contributed by atoms with Gasteiger partial charge in [-0.2, -0.15) is 0 Å². The van der Waals surface area contributed by atoms with E-state index < -0.39 is 97.5 Å². The maximum Gasteiger partial charge on any atom is 0.338 e. The third kappa shape index (κ3) is 12.5. The second-order valence-electron chi connectivity index (χ2n) is 16.6. The van der Waals surface area contributed by atoms with Gasteiger partial charge in [0.15, 0.2) is 31.0 Å². The van der Waals surface area contributed by atoms with Crippen LogP contribution in [-0.2, 0) is 86.4 Å². The van der Waals surface area contributed by atoms with Gasteiger partial charge in [-0.1, -0.05) is 121 Å². The summed E-state index contributed by atoms with van der Waals surface area (Å²) in [6.07, 6.45) is -11.1. The molecule has 4 aromatic carbocycles. The van der Waals surface area contributed by atoms with Crippen LogP contribution in [0, 0.1) is 0 Å². The van der Waals surface area contributed by atoms with Crippen LogP contribution in [0.4, 0.5) is 0 Å². The van der Waals surface area contributed by atoms with Gasteiger partial charge in [-0.3, -0.25) is 14.4 Å². The standard InChI is InChI=1S/C50H57N3O14/c1-4-59-48(57)45-44(65-45)46(56)53-47-38(51-30(2)54)42(60-26-33-19-11-6-12-20-33)40(36(63-47)28-58-25-32-17-9-5-10-18-32)67-50-39(52-31(3)55)43(61-27-34-21-13-7-14-22-34)41-37(64-50)29-62-49(66-41)35-23-15-8-16-24-35/h5-24,36-45,47,49-50H,4,25-29H2,1-3H3,(H,51,54)(H,52,55)(H,53,56)/t36-,37-,38-,39-,40-,41-,42-,43-,44-,45+,47-,49?,50+/m1/s1. The van der Waals surface area contributed by atoms with Gasteiger partial charge < -0.3 is 63.3 Å². The summed E-state index contributed by atoms with van der Waals surface area (Å²) >= 11 is 0. The average molecular weight is 924 g/mol. The van der Waals surface area contributed by atoms with Crippen molar-refractivity contribution in [2.45, 2.75) is 120 Å². The van der Waals surface area contributed by atoms with E-state index in [1.807, 2.05) is 121 Å². The van der Waals surface area contributed by atoms with Crippen LogP contribution in [0.5, 0.6) is 0 Å². The van der Waals surface area contributed by atoms with E-state index in [1.165, 1.54) is 13.8 Å². The molecule has 8 rings (SSSR count). The number of fused-ring (bicyclic) bond motifs is 1. The molecule has 0 radical (unpaired) electrons. The number of hydrogen-bond acceptors (Lipinski definition) is 14. The number of hydrogen-bond donors (Lipinski definition) is 3. The molecule has 0 aliphatic carbocycles. The Balaban J connectivity index is 1.14. The molecule has 4 saturated heterocycles. The van der Waals surface area contributed by atoms with Crippen LogP contribution in [0.1, 0.15) is 49.3 Å². The molecule has 17 nitrogen and oxygen atoms in total. The van der Waals surface area contributed by atoms with Crippen molar-refractivity contribution in [1.82, 2.24) is 16.0 Å². The highest BCUT2D eigenvalue weighted by Gasteiger charge is 2.57. The van der Waals surface area contributed by atoms with Crippen molar-refractivity contribution in [2.24, 2.45) is 0 Å². The normalized spacial score (nSPS) is 30.0. The molecule has 356 valence electrons. The first-order valence-corrected chi connectivity index (χ1v) is 22.5. The minimum absolute atomic E-state index is 0.0487. The highest BCUT2D eigenvalue weighted by atomic mass is 16.8. The lowest BCUT2D eigenvalue weighted by atomic mass is 9.93. The molecule has 1 unspecified atom stereocenters. The van der Waals surface area contributed by atoms with Crippen molar-refractivity contribution in [3.05, 3.63) is 144 Å². The van der Waals surface area contributed by atoms with Crippen LogP contribution >= 0.6 is 0 Å². The van der Waals surface area contributed by atoms with Crippen LogP contribution in [0.2, 0.25) is 0 Å². The predicted molar refractivity (Wildman–Crippen MR) is 237 cm³/mol. The van der Waals surface area contributed by atoms with Gasteiger partial charge in [0.05, 0.1) is 39.6 Å². The fourth-order valence-electron chi connectivity index (χ4n) is 8.50. The van der Waals surface area contributed by atoms with Gasteiger partial charge in [0, 0.05) is 19.4 Å². The molecule has 0 bridgehead atoms. The number of carbonyl (C=O) groups excluding carboxylic acids is 4. The Hall–Kier alpha value is -5.60. The van der Waals surface area contributed by atoms with Gasteiger partial charge in [-0.15, -0.1) is 0 Å². The summed E-state index contributed by atoms with van der Waals surface area (Å²) in [5.41, 5.74) is 3.38. The number of carbonyl (C=O) groups is 4. The Morgan fingerprint density at radius 1 is 0.612 bits per heavy atom. The first-order chi connectivity index (χ1) is 32.6. The average Bonchev–Trinajstić information content (AvgIpc) is 4.15. The van der Waals surface area contributed by atoms with E-state index >= 15 is 0 Å². The van der Waals surface area contributed by atoms with Crippen LogP contribution in [0.25, 0.3) is 0 Å². The largest absolute Gasteiger partial charge is 0.464 e. The van der Waals surface area contributed by atoms with Gasteiger partial charge >= 0.3 is 5.97 Å². The summed E-state index contributed by atoms with van der Waals surface area (Å²) in [7, 11) is 0. The number of epoxide rings is 1. The van der Waals surface area contributed by atoms with Crippen LogP contribution in [-0.4, -0.2) is 117 Å². The number of esters is 1. The molecule has 4 aliphatic rings. The maximum atomic E-state index is 13.8. The number of amides is 3. The summed E-state index contributed by atoms with van der Waals surface area (Å²) in [5.74, 6) is -2.19. The van der Waals surface area contributed by atoms with Gasteiger partial charge in [-0.05, 0) is 23.6 Å². The summed E-state index contributed by atoms with van der Waals surface area (Å²) in [6, 6.07) is 36.0. The molecule has 17 heteroatoms. The van der Waals surface area contributed by atoms with Crippen LogP contribution < -0.4 is 16.0 Å². The zero-order valence-electron chi connectivity index (χ0n) is 37.5. The summed E-state index contributed by atoms with van der Waals surface area (Å²) in [4.78, 5) is 52.6. The van der Waals surface area contributed by atoms with Gasteiger partial charge in [0.25, 0.3) is 5.91 Å². The number of nitrogens with one attached hydrogen (secondary N) is 3. The lowest BCUT2D eigenvalue weighted by Gasteiger charge is -2.52. The number of rotatable bonds is 19. The highest BCUT2D eigenvalue weighted by Crippen LogP contribution is 2.38. The summed E-state index contributed by atoms with van der Waals surface area (Å²) in [5, 5.41) is 8.81. The van der Waals surface area contributed by atoms with Crippen molar-refractivity contribution in [1.29, 1.82) is 0 Å². The van der Waals surface area contributed by atoms with E-state index in [2.05, 4.69) is 16.0 Å². The van der Waals surface area contributed by atoms with E-state index in [0.717, 1.165) is 22.3 Å². The minimum Gasteiger partial charge on any atom is -0.464 e. The van der Waals surface area contributed by atoms with E-state index in [4.69, 9.17) is 47.4 Å². The summed E-state index contributed by atoms with van der Waals surface area (Å²) < 4.78 is 63.8. The number of benzene rings is 4. The van der Waals surface area contributed by atoms with Crippen molar-refractivity contribution >= 4 is 23.7 Å². The van der Waals surface area contributed by atoms with E-state index in [0.29, 0.717) is 0 Å². The minimum atomic E-state index is -1.26. The predicted octanol–water partition coefficient (Wildman–Crippen LogP) is 3.78. The zero-order valence-corrected chi connectivity index (χ0v) is 37.5. The van der Waals surface area contributed by atoms with E-state index in [1.54, 1.807) is 6.92 Å². The topological polar surface area (TPSA) is 200 Å². The van der Waals surface area contributed by atoms with Crippen molar-refractivity contribution in [3.8, 4) is 0 Å². The van der Waals surface area contributed by atoms with E-state index in [9.17, 15) is 19.2 Å². The Morgan fingerprint density at radius 3 is 1.78 bits per heavy atom. The van der Waals surface area contributed by atoms with E-state index in [-0.39, 0.29) is 45.5 Å². The van der Waals surface area contributed by atoms with Crippen molar-refractivity contribution < 1.29 is 66.5 Å². The van der Waals surface area contributed by atoms with Crippen molar-refractivity contribution in [2.75, 3.05) is 19.8 Å². The molecule has 3 N–H and O–H groups in total. The Bertz CT molecular complexity index is 2230. The maximum absolute atomic E-state index is 13.8. The first kappa shape index (κ1) is 47.9. The Morgan fingerprint density at radius 2 is 1.18 bits per heavy atom. The number of ether oxygens (including phenoxy) is 10. The van der Waals surface area contributed by atoms with Crippen LogP contribution in [0.3, 0.4) is 0 Å². The molecular weight excluding hydrogens is 867 g/mol. The highest BCUT2D eigenvalue weighted by molar-refractivity contribution is 5.93. The molecule has 4 aromatic rings. The van der Waals surface area contributed by atoms with Gasteiger partial charge in [0.1, 0.15) is 48.7 Å². The van der Waals surface area contributed by atoms with Gasteiger partial charge in [0.2, 0.25) is 11.8 Å². The molecule has 4 aliphatic heterocycles. The Labute approximate surface area is 388 Å². The molecule has 4 fully saturated rings. The fourth-order valence-corrected chi connectivity index (χ4v) is 8.50. The monoisotopic (exact) mass is 923 g/mol. The van der Waals surface area contributed by atoms with Crippen LogP contribution in [0.15, 0.2) is 121 Å². The SMILES string of the molecule is CCOC(=O)[C@H]1O[C@H]1C(=O)N[C@@H]1O[C@H](COCc2ccccc2)[C@@H](O[C@@H]2O[C@@H]3COC(c4ccccc4)O[C@H]3[C@H](OCc3ccccc3)[C@H]2NC(C)=O)[C@H](OCc2ccccc2)[C@H]1NC(C)=O. The Kier molecular flexibility index (Phi) is 16.4. The molecule has 13 atom stereocenters. The zero-order chi connectivity index (χ0) is 46.7. The quantitative estimate of drug-likeness (QED) is 0.0907. The molecule has 67 heavy (non-hydrogen) atoms. The third-order valence-electron chi connectivity index (χ3n) is 11.7. The first-order valence-electron chi connectivity index (χ1n) is 22.5. The fraction of sp³-hybridized carbons (Fsp3) is 0.440. The second-order valence-corrected chi connectivity index (χ2v) is 16.6. The molecule has 4 heterocycles. The molecular formula is C50H57N3O14. The van der Waals surface area contributed by atoms with Gasteiger partial charge in [-0.25, -0.2) is 4.79 Å². The van der Waals surface area contributed by atoms with Crippen molar-refractivity contribution in [3.63, 3.8) is 0 Å². The lowest BCUT2D eigenvalue weighted by molar-refractivity contribution is -0.366. The molecule has 0 saturated carbocycles. The third-order valence-corrected chi connectivity index (χ3v) is 11.7. The molecule has 0 aromatic heterocycles. The smallest absolute Gasteiger partial charge is 0.338 e. The lowest BCUT2D eigenvalue weighted by Crippen LogP contribution is -2.72. The second kappa shape index (κ2) is 22.9. The molecule has 3 amide bonds. The summed E-state index contributed by atoms with van der Waals surface area (Å²) in [6.45, 7) is 4.87. The molecule has 0 spiro atoms.